The van der Waals surface area contributed by atoms with Crippen LogP contribution in [0.25, 0.3) is 0 Å². The predicted molar refractivity (Wildman–Crippen MR) is 70.9 cm³/mol. The van der Waals surface area contributed by atoms with Crippen LogP contribution in [0.1, 0.15) is 5.56 Å². The molecule has 0 bridgehead atoms. The molecule has 6 nitrogen and oxygen atoms in total. The van der Waals surface area contributed by atoms with Crippen LogP contribution in [0.2, 0.25) is 0 Å². The summed E-state index contributed by atoms with van der Waals surface area (Å²) in [5, 5.41) is 20.0. The monoisotopic (exact) mass is 270 g/mol. The van der Waals surface area contributed by atoms with Crippen molar-refractivity contribution in [2.24, 2.45) is 0 Å². The summed E-state index contributed by atoms with van der Waals surface area (Å²) in [5.41, 5.74) is 0.100. The number of hydrogen-bond acceptors (Lipinski definition) is 5. The van der Waals surface area contributed by atoms with E-state index in [9.17, 15) is 10.1 Å². The van der Waals surface area contributed by atoms with E-state index in [0.717, 1.165) is 0 Å². The Morgan fingerprint density at radius 2 is 1.95 bits per heavy atom. The number of hydrogen-bond donors (Lipinski definition) is 0. The van der Waals surface area contributed by atoms with Crippen molar-refractivity contribution >= 4 is 5.69 Å². The van der Waals surface area contributed by atoms with Gasteiger partial charge in [0.05, 0.1) is 17.6 Å². The van der Waals surface area contributed by atoms with Gasteiger partial charge in [-0.15, -0.1) is 0 Å². The van der Waals surface area contributed by atoms with Crippen molar-refractivity contribution in [3.63, 3.8) is 0 Å². The van der Waals surface area contributed by atoms with Crippen molar-refractivity contribution in [1.82, 2.24) is 0 Å². The van der Waals surface area contributed by atoms with Crippen molar-refractivity contribution in [3.05, 3.63) is 58.1 Å². The molecule has 2 aromatic rings. The van der Waals surface area contributed by atoms with Crippen molar-refractivity contribution in [2.75, 3.05) is 7.11 Å². The Balaban J connectivity index is 2.44. The molecule has 20 heavy (non-hydrogen) atoms. The van der Waals surface area contributed by atoms with E-state index in [1.165, 1.54) is 31.4 Å². The van der Waals surface area contributed by atoms with Gasteiger partial charge in [0.25, 0.3) is 0 Å². The molecular weight excluding hydrogens is 260 g/mol. The molecule has 0 fully saturated rings. The molecule has 2 aromatic carbocycles. The highest BCUT2D eigenvalue weighted by Crippen LogP contribution is 2.34. The quantitative estimate of drug-likeness (QED) is 0.628. The van der Waals surface area contributed by atoms with E-state index in [-0.39, 0.29) is 22.7 Å². The Morgan fingerprint density at radius 3 is 2.60 bits per heavy atom. The second-order valence-electron chi connectivity index (χ2n) is 3.80. The maximum Gasteiger partial charge on any atom is 0.311 e. The van der Waals surface area contributed by atoms with Gasteiger partial charge in [-0.3, -0.25) is 10.1 Å². The standard InChI is InChI=1S/C14H10N2O4/c1-19-11-7-6-10(9-15)14(8-11)20-13-5-3-2-4-12(13)16(17)18/h2-8H,1H3. The van der Waals surface area contributed by atoms with E-state index in [1.54, 1.807) is 18.2 Å². The van der Waals surface area contributed by atoms with Crippen LogP contribution in [0, 0.1) is 21.4 Å². The second kappa shape index (κ2) is 5.71. The molecule has 0 amide bonds. The van der Waals surface area contributed by atoms with Crippen LogP contribution in [0.4, 0.5) is 5.69 Å². The normalized spacial score (nSPS) is 9.60. The van der Waals surface area contributed by atoms with Gasteiger partial charge in [0, 0.05) is 12.1 Å². The average Bonchev–Trinajstić information content (AvgIpc) is 2.47. The molecule has 6 heteroatoms. The minimum absolute atomic E-state index is 0.0715. The minimum Gasteiger partial charge on any atom is -0.497 e. The number of benzene rings is 2. The Hall–Kier alpha value is -3.07. The molecule has 0 atom stereocenters. The fourth-order valence-corrected chi connectivity index (χ4v) is 1.62. The van der Waals surface area contributed by atoms with E-state index in [1.807, 2.05) is 6.07 Å². The zero-order chi connectivity index (χ0) is 14.5. The molecule has 0 aliphatic rings. The van der Waals surface area contributed by atoms with E-state index in [4.69, 9.17) is 14.7 Å². The van der Waals surface area contributed by atoms with Crippen LogP contribution < -0.4 is 9.47 Å². The summed E-state index contributed by atoms with van der Waals surface area (Å²) in [6.07, 6.45) is 0. The lowest BCUT2D eigenvalue weighted by Gasteiger charge is -2.09. The summed E-state index contributed by atoms with van der Waals surface area (Å²) >= 11 is 0. The number of nitriles is 1. The maximum atomic E-state index is 10.9. The lowest BCUT2D eigenvalue weighted by Crippen LogP contribution is -1.95. The van der Waals surface area contributed by atoms with E-state index in [0.29, 0.717) is 5.75 Å². The van der Waals surface area contributed by atoms with Crippen LogP contribution in [0.5, 0.6) is 17.2 Å². The third-order valence-electron chi connectivity index (χ3n) is 2.59. The van der Waals surface area contributed by atoms with Gasteiger partial charge in [0.2, 0.25) is 5.75 Å². The SMILES string of the molecule is COc1ccc(C#N)c(Oc2ccccc2[N+](=O)[O-])c1. The van der Waals surface area contributed by atoms with E-state index in [2.05, 4.69) is 0 Å². The predicted octanol–water partition coefficient (Wildman–Crippen LogP) is 3.27. The summed E-state index contributed by atoms with van der Waals surface area (Å²) < 4.78 is 10.5. The molecule has 0 aliphatic carbocycles. The molecule has 0 spiro atoms. The van der Waals surface area contributed by atoms with Gasteiger partial charge in [-0.25, -0.2) is 0 Å². The molecule has 0 N–H and O–H groups in total. The first kappa shape index (κ1) is 13.4. The number of nitro groups is 1. The summed E-state index contributed by atoms with van der Waals surface area (Å²) in [6, 6.07) is 12.6. The van der Waals surface area contributed by atoms with E-state index < -0.39 is 4.92 Å². The summed E-state index contributed by atoms with van der Waals surface area (Å²) in [5.74, 6) is 0.779. The van der Waals surface area contributed by atoms with Gasteiger partial charge in [0.15, 0.2) is 0 Å². The molecule has 0 heterocycles. The zero-order valence-corrected chi connectivity index (χ0v) is 10.6. The van der Waals surface area contributed by atoms with Crippen molar-refractivity contribution in [3.8, 4) is 23.3 Å². The molecule has 0 aromatic heterocycles. The number of methoxy groups -OCH3 is 1. The molecule has 0 unspecified atom stereocenters. The average molecular weight is 270 g/mol. The third-order valence-corrected chi connectivity index (χ3v) is 2.59. The molecule has 0 saturated heterocycles. The number of nitro benzene ring substituents is 1. The Kier molecular flexibility index (Phi) is 3.82. The molecular formula is C14H10N2O4. The molecule has 0 radical (unpaired) electrons. The lowest BCUT2D eigenvalue weighted by atomic mass is 10.2. The Labute approximate surface area is 114 Å². The Morgan fingerprint density at radius 1 is 1.20 bits per heavy atom. The van der Waals surface area contributed by atoms with Crippen molar-refractivity contribution in [1.29, 1.82) is 5.26 Å². The molecule has 0 aliphatic heterocycles. The lowest BCUT2D eigenvalue weighted by molar-refractivity contribution is -0.385. The zero-order valence-electron chi connectivity index (χ0n) is 10.6. The summed E-state index contributed by atoms with van der Waals surface area (Å²) in [6.45, 7) is 0. The largest absolute Gasteiger partial charge is 0.497 e. The van der Waals surface area contributed by atoms with Crippen LogP contribution in [-0.4, -0.2) is 12.0 Å². The van der Waals surface area contributed by atoms with Gasteiger partial charge in [0.1, 0.15) is 17.6 Å². The first-order chi connectivity index (χ1) is 9.65. The minimum atomic E-state index is -0.540. The number of rotatable bonds is 4. The summed E-state index contributed by atoms with van der Waals surface area (Å²) in [4.78, 5) is 10.4. The van der Waals surface area contributed by atoms with Crippen molar-refractivity contribution in [2.45, 2.75) is 0 Å². The molecule has 0 saturated carbocycles. The van der Waals surface area contributed by atoms with Gasteiger partial charge < -0.3 is 9.47 Å². The highest BCUT2D eigenvalue weighted by Gasteiger charge is 2.16. The van der Waals surface area contributed by atoms with Crippen LogP contribution in [0.3, 0.4) is 0 Å². The van der Waals surface area contributed by atoms with Gasteiger partial charge >= 0.3 is 5.69 Å². The number of nitrogens with zero attached hydrogens (tertiary/aromatic N) is 2. The number of para-hydroxylation sites is 2. The molecule has 100 valence electrons. The van der Waals surface area contributed by atoms with Gasteiger partial charge in [-0.05, 0) is 18.2 Å². The van der Waals surface area contributed by atoms with E-state index >= 15 is 0 Å². The van der Waals surface area contributed by atoms with Crippen LogP contribution in [-0.2, 0) is 0 Å². The molecule has 2 rings (SSSR count). The highest BCUT2D eigenvalue weighted by molar-refractivity contribution is 5.53. The third kappa shape index (κ3) is 2.67. The van der Waals surface area contributed by atoms with Crippen molar-refractivity contribution < 1.29 is 14.4 Å². The van der Waals surface area contributed by atoms with Gasteiger partial charge in [-0.1, -0.05) is 12.1 Å². The van der Waals surface area contributed by atoms with Gasteiger partial charge in [-0.2, -0.15) is 5.26 Å². The fourth-order valence-electron chi connectivity index (χ4n) is 1.62. The Bertz CT molecular complexity index is 692. The first-order valence-corrected chi connectivity index (χ1v) is 5.65. The van der Waals surface area contributed by atoms with Crippen LogP contribution >= 0.6 is 0 Å². The number of ether oxygens (including phenoxy) is 2. The first-order valence-electron chi connectivity index (χ1n) is 5.65. The highest BCUT2D eigenvalue weighted by atomic mass is 16.6. The fraction of sp³-hybridized carbons (Fsp3) is 0.0714. The smallest absolute Gasteiger partial charge is 0.311 e. The van der Waals surface area contributed by atoms with Crippen LogP contribution in [0.15, 0.2) is 42.5 Å². The topological polar surface area (TPSA) is 85.4 Å². The second-order valence-corrected chi connectivity index (χ2v) is 3.80. The summed E-state index contributed by atoms with van der Waals surface area (Å²) in [7, 11) is 1.48. The maximum absolute atomic E-state index is 10.9.